The predicted octanol–water partition coefficient (Wildman–Crippen LogP) is 2.39. The molecule has 0 radical (unpaired) electrons. The number of alkyl carbamates (subject to hydrolysis) is 1. The van der Waals surface area contributed by atoms with Gasteiger partial charge < -0.3 is 15.0 Å². The SMILES string of the molecule is C[C@H](NC(=O)OC(C)(C)C)C(=O)N1CCC[C@H](Cc2n[nH]c(=O)n2-c2ccccc2F)C1. The van der Waals surface area contributed by atoms with Gasteiger partial charge in [-0.25, -0.2) is 23.6 Å². The van der Waals surface area contributed by atoms with Gasteiger partial charge >= 0.3 is 11.8 Å². The number of aromatic amines is 1. The van der Waals surface area contributed by atoms with Crippen LogP contribution >= 0.6 is 0 Å². The molecule has 1 aliphatic heterocycles. The van der Waals surface area contributed by atoms with E-state index in [1.165, 1.54) is 16.7 Å². The maximum atomic E-state index is 14.3. The molecule has 2 N–H and O–H groups in total. The van der Waals surface area contributed by atoms with Crippen molar-refractivity contribution in [1.82, 2.24) is 25.0 Å². The van der Waals surface area contributed by atoms with Gasteiger partial charge in [0.05, 0.1) is 5.69 Å². The number of carbonyl (C=O) groups is 2. The van der Waals surface area contributed by atoms with E-state index in [1.807, 2.05) is 0 Å². The topological polar surface area (TPSA) is 109 Å². The molecule has 3 rings (SSSR count). The third-order valence-corrected chi connectivity index (χ3v) is 5.24. The number of nitrogens with zero attached hydrogens (tertiary/aromatic N) is 3. The molecule has 2 aromatic rings. The summed E-state index contributed by atoms with van der Waals surface area (Å²) < 4.78 is 20.7. The number of hydrogen-bond donors (Lipinski definition) is 2. The second kappa shape index (κ2) is 9.54. The number of halogens is 1. The predicted molar refractivity (Wildman–Crippen MR) is 116 cm³/mol. The van der Waals surface area contributed by atoms with Crippen molar-refractivity contribution in [3.63, 3.8) is 0 Å². The fourth-order valence-corrected chi connectivity index (χ4v) is 3.86. The normalized spacial score (nSPS) is 17.7. The summed E-state index contributed by atoms with van der Waals surface area (Å²) in [6, 6.07) is 5.29. The van der Waals surface area contributed by atoms with E-state index in [1.54, 1.807) is 44.7 Å². The summed E-state index contributed by atoms with van der Waals surface area (Å²) in [6.45, 7) is 7.92. The molecule has 0 aliphatic carbocycles. The number of piperidine rings is 1. The molecular weight excluding hydrogens is 417 g/mol. The first-order valence-electron chi connectivity index (χ1n) is 10.7. The molecule has 1 fully saturated rings. The van der Waals surface area contributed by atoms with E-state index >= 15 is 0 Å². The molecule has 32 heavy (non-hydrogen) atoms. The molecule has 1 aromatic carbocycles. The highest BCUT2D eigenvalue weighted by Gasteiger charge is 2.30. The summed E-state index contributed by atoms with van der Waals surface area (Å²) in [4.78, 5) is 38.8. The molecule has 1 saturated heterocycles. The number of ether oxygens (including phenoxy) is 1. The van der Waals surface area contributed by atoms with Crippen molar-refractivity contribution in [2.24, 2.45) is 5.92 Å². The van der Waals surface area contributed by atoms with Crippen molar-refractivity contribution in [3.8, 4) is 5.69 Å². The Bertz CT molecular complexity index is 1030. The van der Waals surface area contributed by atoms with Crippen LogP contribution < -0.4 is 11.0 Å². The monoisotopic (exact) mass is 447 g/mol. The first kappa shape index (κ1) is 23.5. The van der Waals surface area contributed by atoms with E-state index in [0.29, 0.717) is 25.3 Å². The lowest BCUT2D eigenvalue weighted by molar-refractivity contribution is -0.134. The third-order valence-electron chi connectivity index (χ3n) is 5.24. The highest BCUT2D eigenvalue weighted by Crippen LogP contribution is 2.22. The molecule has 1 aromatic heterocycles. The van der Waals surface area contributed by atoms with Crippen LogP contribution in [0.2, 0.25) is 0 Å². The van der Waals surface area contributed by atoms with Crippen molar-refractivity contribution in [1.29, 1.82) is 0 Å². The number of likely N-dealkylation sites (tertiary alicyclic amines) is 1. The Labute approximate surface area is 185 Å². The van der Waals surface area contributed by atoms with Crippen molar-refractivity contribution in [2.75, 3.05) is 13.1 Å². The molecule has 2 atom stereocenters. The number of carbonyl (C=O) groups excluding carboxylic acids is 2. The zero-order valence-electron chi connectivity index (χ0n) is 18.9. The van der Waals surface area contributed by atoms with Crippen molar-refractivity contribution < 1.29 is 18.7 Å². The molecule has 174 valence electrons. The molecular formula is C22H30FN5O4. The van der Waals surface area contributed by atoms with Crippen LogP contribution in [0.15, 0.2) is 29.1 Å². The lowest BCUT2D eigenvalue weighted by Gasteiger charge is -2.34. The van der Waals surface area contributed by atoms with Crippen LogP contribution in [0.3, 0.4) is 0 Å². The van der Waals surface area contributed by atoms with Crippen molar-refractivity contribution in [3.05, 3.63) is 46.4 Å². The maximum Gasteiger partial charge on any atom is 0.408 e. The molecule has 9 nitrogen and oxygen atoms in total. The summed E-state index contributed by atoms with van der Waals surface area (Å²) >= 11 is 0. The number of para-hydroxylation sites is 1. The van der Waals surface area contributed by atoms with Crippen LogP contribution in [0.4, 0.5) is 9.18 Å². The molecule has 0 unspecified atom stereocenters. The van der Waals surface area contributed by atoms with Gasteiger partial charge in [0.25, 0.3) is 0 Å². The van der Waals surface area contributed by atoms with Gasteiger partial charge in [-0.1, -0.05) is 12.1 Å². The van der Waals surface area contributed by atoms with Gasteiger partial charge in [0.1, 0.15) is 23.3 Å². The smallest absolute Gasteiger partial charge is 0.408 e. The largest absolute Gasteiger partial charge is 0.444 e. The Morgan fingerprint density at radius 2 is 2.06 bits per heavy atom. The summed E-state index contributed by atoms with van der Waals surface area (Å²) in [7, 11) is 0. The van der Waals surface area contributed by atoms with E-state index in [9.17, 15) is 18.8 Å². The van der Waals surface area contributed by atoms with Crippen LogP contribution in [0.5, 0.6) is 0 Å². The molecule has 1 aliphatic rings. The fourth-order valence-electron chi connectivity index (χ4n) is 3.86. The van der Waals surface area contributed by atoms with Gasteiger partial charge in [0.2, 0.25) is 5.91 Å². The molecule has 2 heterocycles. The van der Waals surface area contributed by atoms with E-state index in [2.05, 4.69) is 15.5 Å². The Kier molecular flexibility index (Phi) is 7.00. The minimum Gasteiger partial charge on any atom is -0.444 e. The number of H-pyrrole nitrogens is 1. The van der Waals surface area contributed by atoms with Gasteiger partial charge in [0.15, 0.2) is 0 Å². The zero-order valence-corrected chi connectivity index (χ0v) is 18.9. The number of benzene rings is 1. The van der Waals surface area contributed by atoms with Crippen molar-refractivity contribution >= 4 is 12.0 Å². The first-order valence-corrected chi connectivity index (χ1v) is 10.7. The number of hydrogen-bond acceptors (Lipinski definition) is 5. The molecule has 0 bridgehead atoms. The van der Waals surface area contributed by atoms with Crippen LogP contribution in [0.1, 0.15) is 46.4 Å². The van der Waals surface area contributed by atoms with Crippen molar-refractivity contribution in [2.45, 2.75) is 58.6 Å². The van der Waals surface area contributed by atoms with Crippen LogP contribution in [0.25, 0.3) is 5.69 Å². The number of rotatable bonds is 5. The average Bonchev–Trinajstić information content (AvgIpc) is 3.06. The summed E-state index contributed by atoms with van der Waals surface area (Å²) in [5.41, 5.74) is -1.02. The fraction of sp³-hybridized carbons (Fsp3) is 0.545. The lowest BCUT2D eigenvalue weighted by Crippen LogP contribution is -2.51. The highest BCUT2D eigenvalue weighted by molar-refractivity contribution is 5.85. The number of amides is 2. The number of nitrogens with one attached hydrogen (secondary N) is 2. The average molecular weight is 448 g/mol. The van der Waals surface area contributed by atoms with Gasteiger partial charge in [0, 0.05) is 19.5 Å². The highest BCUT2D eigenvalue weighted by atomic mass is 19.1. The Balaban J connectivity index is 1.66. The second-order valence-electron chi connectivity index (χ2n) is 9.10. The van der Waals surface area contributed by atoms with E-state index < -0.39 is 29.2 Å². The zero-order chi connectivity index (χ0) is 23.5. The van der Waals surface area contributed by atoms with Gasteiger partial charge in [-0.3, -0.25) is 4.79 Å². The molecule has 0 saturated carbocycles. The van der Waals surface area contributed by atoms with Gasteiger partial charge in [-0.15, -0.1) is 0 Å². The Morgan fingerprint density at radius 3 is 2.75 bits per heavy atom. The summed E-state index contributed by atoms with van der Waals surface area (Å²) in [6.07, 6.45) is 1.39. The van der Waals surface area contributed by atoms with Gasteiger partial charge in [-0.05, 0) is 58.6 Å². The van der Waals surface area contributed by atoms with Gasteiger partial charge in [-0.2, -0.15) is 5.10 Å². The summed E-state index contributed by atoms with van der Waals surface area (Å²) in [5.74, 6) is -0.254. The molecule has 0 spiro atoms. The molecule has 10 heteroatoms. The van der Waals surface area contributed by atoms with E-state index in [4.69, 9.17) is 4.74 Å². The third kappa shape index (κ3) is 5.74. The van der Waals surface area contributed by atoms with E-state index in [0.717, 1.165) is 12.8 Å². The van der Waals surface area contributed by atoms with Crippen LogP contribution in [0, 0.1) is 11.7 Å². The maximum absolute atomic E-state index is 14.3. The quantitative estimate of drug-likeness (QED) is 0.732. The minimum absolute atomic E-state index is 0.0437. The molecule has 2 amide bonds. The Morgan fingerprint density at radius 1 is 1.34 bits per heavy atom. The lowest BCUT2D eigenvalue weighted by atomic mass is 9.94. The van der Waals surface area contributed by atoms with Crippen LogP contribution in [-0.2, 0) is 16.0 Å². The van der Waals surface area contributed by atoms with Crippen LogP contribution in [-0.4, -0.2) is 56.4 Å². The number of aromatic nitrogens is 3. The standard InChI is InChI=1S/C22H30FN5O4/c1-14(24-21(31)32-22(2,3)4)19(29)27-11-7-8-15(13-27)12-18-25-26-20(30)28(18)17-10-6-5-9-16(17)23/h5-6,9-10,14-15H,7-8,11-13H2,1-4H3,(H,24,31)(H,26,30)/t14-,15+/m0/s1. The first-order chi connectivity index (χ1) is 15.0. The summed E-state index contributed by atoms with van der Waals surface area (Å²) in [5, 5.41) is 9.06. The second-order valence-corrected chi connectivity index (χ2v) is 9.10. The van der Waals surface area contributed by atoms with E-state index in [-0.39, 0.29) is 17.5 Å². The minimum atomic E-state index is -0.731. The Hall–Kier alpha value is -3.17.